The first-order valence-electron chi connectivity index (χ1n) is 8.42. The Morgan fingerprint density at radius 2 is 1.96 bits per heavy atom. The van der Waals surface area contributed by atoms with Crippen LogP contribution in [-0.2, 0) is 11.3 Å². The molecule has 1 saturated carbocycles. The first kappa shape index (κ1) is 14.9. The molecule has 0 bridgehead atoms. The van der Waals surface area contributed by atoms with Crippen molar-refractivity contribution in [3.63, 3.8) is 0 Å². The molecule has 1 aliphatic heterocycles. The maximum atomic E-state index is 11.8. The Kier molecular flexibility index (Phi) is 4.19. The molecule has 1 aliphatic carbocycles. The Hall–Kier alpha value is -1.65. The highest BCUT2D eigenvalue weighted by Gasteiger charge is 2.32. The zero-order valence-corrected chi connectivity index (χ0v) is 14.0. The maximum Gasteiger partial charge on any atom is 0.223 e. The van der Waals surface area contributed by atoms with E-state index in [-0.39, 0.29) is 5.91 Å². The summed E-state index contributed by atoms with van der Waals surface area (Å²) in [6.45, 7) is 3.02. The largest absolute Gasteiger partial charge is 0.352 e. The molecule has 2 heterocycles. The smallest absolute Gasteiger partial charge is 0.223 e. The summed E-state index contributed by atoms with van der Waals surface area (Å²) in [6, 6.07) is 11.4. The van der Waals surface area contributed by atoms with Crippen molar-refractivity contribution in [3.8, 4) is 11.1 Å². The van der Waals surface area contributed by atoms with Crippen LogP contribution in [-0.4, -0.2) is 29.9 Å². The number of benzene rings is 1. The number of carbonyl (C=O) groups is 1. The highest BCUT2D eigenvalue weighted by molar-refractivity contribution is 7.08. The first-order chi connectivity index (χ1) is 11.3. The number of thiophene rings is 1. The normalized spacial score (nSPS) is 21.5. The monoisotopic (exact) mass is 326 g/mol. The fourth-order valence-corrected chi connectivity index (χ4v) is 3.91. The third-order valence-electron chi connectivity index (χ3n) is 4.78. The van der Waals surface area contributed by atoms with Crippen LogP contribution in [0.15, 0.2) is 41.1 Å². The van der Waals surface area contributed by atoms with Crippen molar-refractivity contribution in [1.29, 1.82) is 0 Å². The second kappa shape index (κ2) is 6.46. The van der Waals surface area contributed by atoms with E-state index in [1.165, 1.54) is 16.7 Å². The summed E-state index contributed by atoms with van der Waals surface area (Å²) in [5.74, 6) is 0.589. The van der Waals surface area contributed by atoms with Gasteiger partial charge in [0.15, 0.2) is 0 Å². The number of rotatable bonds is 5. The van der Waals surface area contributed by atoms with Gasteiger partial charge in [0.25, 0.3) is 0 Å². The van der Waals surface area contributed by atoms with Crippen LogP contribution < -0.4 is 5.32 Å². The summed E-state index contributed by atoms with van der Waals surface area (Å²) < 4.78 is 0. The number of nitrogens with one attached hydrogen (secondary N) is 1. The van der Waals surface area contributed by atoms with Crippen molar-refractivity contribution in [1.82, 2.24) is 10.2 Å². The van der Waals surface area contributed by atoms with E-state index in [0.717, 1.165) is 38.9 Å². The van der Waals surface area contributed by atoms with Gasteiger partial charge < -0.3 is 5.32 Å². The van der Waals surface area contributed by atoms with Crippen molar-refractivity contribution >= 4 is 17.2 Å². The lowest BCUT2D eigenvalue weighted by molar-refractivity contribution is -0.122. The molecule has 2 fully saturated rings. The number of hydrogen-bond donors (Lipinski definition) is 1. The van der Waals surface area contributed by atoms with Gasteiger partial charge in [0.2, 0.25) is 5.91 Å². The highest BCUT2D eigenvalue weighted by atomic mass is 32.1. The van der Waals surface area contributed by atoms with Crippen LogP contribution in [0.3, 0.4) is 0 Å². The lowest BCUT2D eigenvalue weighted by atomic mass is 10.1. The summed E-state index contributed by atoms with van der Waals surface area (Å²) >= 11 is 1.73. The van der Waals surface area contributed by atoms with Gasteiger partial charge in [-0.25, -0.2) is 0 Å². The SMILES string of the molecule is O=C(NC1CCN(Cc2ccc(-c3ccsc3)cc2)C1)C1CC1. The molecule has 2 aliphatic rings. The predicted octanol–water partition coefficient (Wildman–Crippen LogP) is 3.52. The highest BCUT2D eigenvalue weighted by Crippen LogP contribution is 2.29. The molecule has 3 nitrogen and oxygen atoms in total. The van der Waals surface area contributed by atoms with Crippen LogP contribution in [0.1, 0.15) is 24.8 Å². The number of amides is 1. The minimum atomic E-state index is 0.275. The number of nitrogens with zero attached hydrogens (tertiary/aromatic N) is 1. The van der Waals surface area contributed by atoms with Crippen molar-refractivity contribution in [2.24, 2.45) is 5.92 Å². The zero-order valence-electron chi connectivity index (χ0n) is 13.2. The molecule has 1 N–H and O–H groups in total. The van der Waals surface area contributed by atoms with E-state index in [1.807, 2.05) is 0 Å². The van der Waals surface area contributed by atoms with Gasteiger partial charge in [-0.3, -0.25) is 9.69 Å². The predicted molar refractivity (Wildman–Crippen MR) is 94.3 cm³/mol. The quantitative estimate of drug-likeness (QED) is 0.912. The van der Waals surface area contributed by atoms with E-state index in [2.05, 4.69) is 51.3 Å². The lowest BCUT2D eigenvalue weighted by Gasteiger charge is -2.17. The molecule has 0 radical (unpaired) electrons. The van der Waals surface area contributed by atoms with Crippen molar-refractivity contribution < 1.29 is 4.79 Å². The molecule has 120 valence electrons. The maximum absolute atomic E-state index is 11.8. The molecule has 2 aromatic rings. The van der Waals surface area contributed by atoms with Crippen LogP contribution >= 0.6 is 11.3 Å². The Balaban J connectivity index is 1.31. The number of likely N-dealkylation sites (tertiary alicyclic amines) is 1. The Labute approximate surface area is 141 Å². The minimum absolute atomic E-state index is 0.275. The first-order valence-corrected chi connectivity index (χ1v) is 9.36. The molecule has 23 heavy (non-hydrogen) atoms. The van der Waals surface area contributed by atoms with Gasteiger partial charge in [-0.05, 0) is 52.8 Å². The van der Waals surface area contributed by atoms with Crippen LogP contribution in [0.4, 0.5) is 0 Å². The average Bonchev–Trinajstić information content (AvgIpc) is 3.10. The number of carbonyl (C=O) groups excluding carboxylic acids is 1. The summed E-state index contributed by atoms with van der Waals surface area (Å²) in [7, 11) is 0. The van der Waals surface area contributed by atoms with Gasteiger partial charge in [0.05, 0.1) is 0 Å². The molecule has 1 atom stereocenters. The second-order valence-electron chi connectivity index (χ2n) is 6.71. The zero-order chi connectivity index (χ0) is 15.6. The molecule has 1 aromatic heterocycles. The standard InChI is InChI=1S/C19H22N2OS/c22-19(16-5-6-16)20-18-7-9-21(12-18)11-14-1-3-15(4-2-14)17-8-10-23-13-17/h1-4,8,10,13,16,18H,5-7,9,11-12H2,(H,20,22). The van der Waals surface area contributed by atoms with E-state index in [0.29, 0.717) is 12.0 Å². The van der Waals surface area contributed by atoms with Crippen molar-refractivity contribution in [2.45, 2.75) is 31.8 Å². The summed E-state index contributed by atoms with van der Waals surface area (Å²) in [4.78, 5) is 14.3. The molecule has 1 unspecified atom stereocenters. The lowest BCUT2D eigenvalue weighted by Crippen LogP contribution is -2.37. The molecule has 0 spiro atoms. The van der Waals surface area contributed by atoms with Crippen LogP contribution in [0, 0.1) is 5.92 Å². The molecule has 1 amide bonds. The van der Waals surface area contributed by atoms with Crippen molar-refractivity contribution in [2.75, 3.05) is 13.1 Å². The molecule has 1 aromatic carbocycles. The Morgan fingerprint density at radius 1 is 1.13 bits per heavy atom. The summed E-state index contributed by atoms with van der Waals surface area (Å²) in [6.07, 6.45) is 3.24. The topological polar surface area (TPSA) is 32.3 Å². The van der Waals surface area contributed by atoms with Crippen LogP contribution in [0.2, 0.25) is 0 Å². The van der Waals surface area contributed by atoms with E-state index in [1.54, 1.807) is 11.3 Å². The van der Waals surface area contributed by atoms with Crippen LogP contribution in [0.5, 0.6) is 0 Å². The van der Waals surface area contributed by atoms with Gasteiger partial charge in [-0.2, -0.15) is 11.3 Å². The third kappa shape index (κ3) is 3.65. The minimum Gasteiger partial charge on any atom is -0.352 e. The Bertz CT molecular complexity index is 661. The van der Waals surface area contributed by atoms with E-state index >= 15 is 0 Å². The second-order valence-corrected chi connectivity index (χ2v) is 7.49. The fraction of sp³-hybridized carbons (Fsp3) is 0.421. The van der Waals surface area contributed by atoms with Gasteiger partial charge in [0.1, 0.15) is 0 Å². The molecule has 4 rings (SSSR count). The molecular weight excluding hydrogens is 304 g/mol. The molecule has 1 saturated heterocycles. The summed E-state index contributed by atoms with van der Waals surface area (Å²) in [5.41, 5.74) is 3.93. The van der Waals surface area contributed by atoms with Gasteiger partial charge in [-0.1, -0.05) is 24.3 Å². The van der Waals surface area contributed by atoms with E-state index in [4.69, 9.17) is 0 Å². The summed E-state index contributed by atoms with van der Waals surface area (Å²) in [5, 5.41) is 7.50. The van der Waals surface area contributed by atoms with E-state index in [9.17, 15) is 4.79 Å². The number of hydrogen-bond acceptors (Lipinski definition) is 3. The molecular formula is C19H22N2OS. The Morgan fingerprint density at radius 3 is 2.65 bits per heavy atom. The van der Waals surface area contributed by atoms with Gasteiger partial charge in [-0.15, -0.1) is 0 Å². The van der Waals surface area contributed by atoms with Gasteiger partial charge in [0, 0.05) is 31.6 Å². The fourth-order valence-electron chi connectivity index (χ4n) is 3.25. The van der Waals surface area contributed by atoms with Gasteiger partial charge >= 0.3 is 0 Å². The third-order valence-corrected chi connectivity index (χ3v) is 5.46. The van der Waals surface area contributed by atoms with Crippen LogP contribution in [0.25, 0.3) is 11.1 Å². The van der Waals surface area contributed by atoms with E-state index < -0.39 is 0 Å². The average molecular weight is 326 g/mol. The molecule has 4 heteroatoms. The van der Waals surface area contributed by atoms with Crippen molar-refractivity contribution in [3.05, 3.63) is 46.7 Å².